The summed E-state index contributed by atoms with van der Waals surface area (Å²) in [4.78, 5) is 12.0. The molecule has 2 rings (SSSR count). The van der Waals surface area contributed by atoms with Gasteiger partial charge in [0.05, 0.1) is 18.2 Å². The topological polar surface area (TPSA) is 38.3 Å². The maximum atomic E-state index is 12.9. The zero-order valence-electron chi connectivity index (χ0n) is 10.1. The van der Waals surface area contributed by atoms with E-state index in [9.17, 15) is 9.18 Å². The van der Waals surface area contributed by atoms with E-state index < -0.39 is 5.82 Å². The minimum absolute atomic E-state index is 0.0117. The molecule has 3 nitrogen and oxygen atoms in total. The van der Waals surface area contributed by atoms with Gasteiger partial charge < -0.3 is 10.1 Å². The summed E-state index contributed by atoms with van der Waals surface area (Å²) in [5, 5.41) is 3.44. The molecule has 1 heterocycles. The average molecular weight is 272 g/mol. The van der Waals surface area contributed by atoms with Crippen LogP contribution in [0.1, 0.15) is 23.7 Å². The van der Waals surface area contributed by atoms with Crippen molar-refractivity contribution in [1.29, 1.82) is 0 Å². The summed E-state index contributed by atoms with van der Waals surface area (Å²) in [5.41, 5.74) is 0.359. The molecule has 1 aromatic carbocycles. The fourth-order valence-electron chi connectivity index (χ4n) is 2.05. The Kier molecular flexibility index (Phi) is 4.32. The number of hydrogen-bond donors (Lipinski definition) is 1. The third-order valence-electron chi connectivity index (χ3n) is 2.87. The Morgan fingerprint density at radius 2 is 2.33 bits per heavy atom. The quantitative estimate of drug-likeness (QED) is 0.858. The van der Waals surface area contributed by atoms with E-state index in [1.54, 1.807) is 0 Å². The molecule has 2 unspecified atom stereocenters. The van der Waals surface area contributed by atoms with Gasteiger partial charge in [-0.05, 0) is 25.1 Å². The molecule has 5 heteroatoms. The van der Waals surface area contributed by atoms with Gasteiger partial charge in [-0.1, -0.05) is 11.6 Å². The van der Waals surface area contributed by atoms with Crippen LogP contribution in [0.5, 0.6) is 0 Å². The number of Topliss-reactive ketones (excluding diaryl/α,β-unsaturated/α-hetero) is 1. The lowest BCUT2D eigenvalue weighted by Gasteiger charge is -2.28. The number of nitrogens with one attached hydrogen (secondary N) is 1. The van der Waals surface area contributed by atoms with Gasteiger partial charge in [0.25, 0.3) is 0 Å². The van der Waals surface area contributed by atoms with Crippen LogP contribution in [0, 0.1) is 5.82 Å². The predicted molar refractivity (Wildman–Crippen MR) is 67.6 cm³/mol. The van der Waals surface area contributed by atoms with Gasteiger partial charge in [-0.15, -0.1) is 0 Å². The van der Waals surface area contributed by atoms with Crippen LogP contribution >= 0.6 is 11.6 Å². The molecular formula is C13H15ClFNO2. The van der Waals surface area contributed by atoms with Crippen LogP contribution < -0.4 is 5.32 Å². The van der Waals surface area contributed by atoms with Gasteiger partial charge in [-0.3, -0.25) is 4.79 Å². The Labute approximate surface area is 110 Å². The maximum absolute atomic E-state index is 12.9. The van der Waals surface area contributed by atoms with Gasteiger partial charge in [0.15, 0.2) is 5.78 Å². The van der Waals surface area contributed by atoms with E-state index in [1.807, 2.05) is 6.92 Å². The molecule has 0 bridgehead atoms. The molecule has 1 aromatic rings. The lowest BCUT2D eigenvalue weighted by Crippen LogP contribution is -2.48. The Morgan fingerprint density at radius 3 is 3.00 bits per heavy atom. The third-order valence-corrected chi connectivity index (χ3v) is 3.18. The summed E-state index contributed by atoms with van der Waals surface area (Å²) >= 11 is 5.86. The van der Waals surface area contributed by atoms with E-state index in [0.717, 1.165) is 6.07 Å². The van der Waals surface area contributed by atoms with Crippen molar-refractivity contribution in [2.24, 2.45) is 0 Å². The summed E-state index contributed by atoms with van der Waals surface area (Å²) in [6.45, 7) is 3.17. The molecule has 0 aliphatic carbocycles. The Morgan fingerprint density at radius 1 is 1.56 bits per heavy atom. The van der Waals surface area contributed by atoms with Gasteiger partial charge in [-0.2, -0.15) is 0 Å². The van der Waals surface area contributed by atoms with Gasteiger partial charge in [0.1, 0.15) is 5.82 Å². The van der Waals surface area contributed by atoms with Crippen molar-refractivity contribution in [3.63, 3.8) is 0 Å². The zero-order chi connectivity index (χ0) is 13.1. The Bertz CT molecular complexity index is 453. The van der Waals surface area contributed by atoms with E-state index in [-0.39, 0.29) is 22.9 Å². The number of carbonyl (C=O) groups excluding carboxylic acids is 1. The fraction of sp³-hybridized carbons (Fsp3) is 0.462. The predicted octanol–water partition coefficient (Wildman–Crippen LogP) is 2.43. The van der Waals surface area contributed by atoms with Crippen molar-refractivity contribution < 1.29 is 13.9 Å². The van der Waals surface area contributed by atoms with Crippen LogP contribution in [0.25, 0.3) is 0 Å². The average Bonchev–Trinajstić information content (AvgIpc) is 2.28. The molecule has 1 fully saturated rings. The first kappa shape index (κ1) is 13.5. The lowest BCUT2D eigenvalue weighted by atomic mass is 10.0. The third kappa shape index (κ3) is 3.28. The van der Waals surface area contributed by atoms with Crippen molar-refractivity contribution in [2.45, 2.75) is 25.4 Å². The van der Waals surface area contributed by atoms with Gasteiger partial charge in [-0.25, -0.2) is 4.39 Å². The summed E-state index contributed by atoms with van der Waals surface area (Å²) in [5.74, 6) is -0.542. The molecular weight excluding hydrogens is 257 g/mol. The normalized spacial score (nSPS) is 23.9. The molecule has 0 spiro atoms. The molecule has 1 N–H and O–H groups in total. The molecule has 1 saturated heterocycles. The second-order valence-electron chi connectivity index (χ2n) is 4.55. The van der Waals surface area contributed by atoms with Crippen molar-refractivity contribution in [2.75, 3.05) is 13.2 Å². The Hall–Kier alpha value is -0.970. The van der Waals surface area contributed by atoms with E-state index in [2.05, 4.69) is 5.32 Å². The van der Waals surface area contributed by atoms with Gasteiger partial charge in [0, 0.05) is 24.1 Å². The van der Waals surface area contributed by atoms with Gasteiger partial charge >= 0.3 is 0 Å². The number of halogens is 2. The summed E-state index contributed by atoms with van der Waals surface area (Å²) in [6.07, 6.45) is 0.301. The second-order valence-corrected chi connectivity index (χ2v) is 4.96. The van der Waals surface area contributed by atoms with Crippen molar-refractivity contribution >= 4 is 17.4 Å². The molecule has 0 amide bonds. The highest BCUT2D eigenvalue weighted by Crippen LogP contribution is 2.20. The van der Waals surface area contributed by atoms with Crippen molar-refractivity contribution in [1.82, 2.24) is 5.32 Å². The number of ketones is 1. The molecule has 2 atom stereocenters. The number of rotatable bonds is 3. The van der Waals surface area contributed by atoms with E-state index in [0.29, 0.717) is 25.2 Å². The van der Waals surface area contributed by atoms with Crippen molar-refractivity contribution in [3.8, 4) is 0 Å². The van der Waals surface area contributed by atoms with E-state index >= 15 is 0 Å². The first-order chi connectivity index (χ1) is 8.56. The number of ether oxygens (including phenoxy) is 1. The number of morpholine rings is 1. The smallest absolute Gasteiger partial charge is 0.166 e. The molecule has 98 valence electrons. The molecule has 1 aliphatic heterocycles. The zero-order valence-corrected chi connectivity index (χ0v) is 10.8. The van der Waals surface area contributed by atoms with Crippen LogP contribution in [-0.2, 0) is 4.74 Å². The van der Waals surface area contributed by atoms with Crippen LogP contribution in [0.2, 0.25) is 5.02 Å². The van der Waals surface area contributed by atoms with Crippen molar-refractivity contribution in [3.05, 3.63) is 34.6 Å². The minimum atomic E-state index is -0.440. The summed E-state index contributed by atoms with van der Waals surface area (Å²) in [7, 11) is 0. The van der Waals surface area contributed by atoms with E-state index in [4.69, 9.17) is 16.3 Å². The van der Waals surface area contributed by atoms with Crippen LogP contribution in [-0.4, -0.2) is 31.1 Å². The summed E-state index contributed by atoms with van der Waals surface area (Å²) < 4.78 is 18.3. The molecule has 0 radical (unpaired) electrons. The summed E-state index contributed by atoms with van der Waals surface area (Å²) in [6, 6.07) is 4.05. The fourth-order valence-corrected chi connectivity index (χ4v) is 2.33. The SMILES string of the molecule is CC1COCC(CC(=O)c2ccc(F)cc2Cl)N1. The largest absolute Gasteiger partial charge is 0.378 e. The molecule has 18 heavy (non-hydrogen) atoms. The molecule has 0 saturated carbocycles. The molecule has 1 aliphatic rings. The highest BCUT2D eigenvalue weighted by molar-refractivity contribution is 6.34. The van der Waals surface area contributed by atoms with Crippen LogP contribution in [0.3, 0.4) is 0 Å². The first-order valence-electron chi connectivity index (χ1n) is 5.88. The number of hydrogen-bond acceptors (Lipinski definition) is 3. The van der Waals surface area contributed by atoms with Crippen LogP contribution in [0.15, 0.2) is 18.2 Å². The van der Waals surface area contributed by atoms with Gasteiger partial charge in [0.2, 0.25) is 0 Å². The first-order valence-corrected chi connectivity index (χ1v) is 6.26. The standard InChI is InChI=1S/C13H15ClFNO2/c1-8-6-18-7-10(16-8)5-13(17)11-3-2-9(15)4-12(11)14/h2-4,8,10,16H,5-7H2,1H3. The van der Waals surface area contributed by atoms with E-state index in [1.165, 1.54) is 12.1 Å². The Balaban J connectivity index is 2.03. The van der Waals surface area contributed by atoms with Crippen LogP contribution in [0.4, 0.5) is 4.39 Å². The minimum Gasteiger partial charge on any atom is -0.378 e. The number of carbonyl (C=O) groups is 1. The number of benzene rings is 1. The highest BCUT2D eigenvalue weighted by Gasteiger charge is 2.22. The maximum Gasteiger partial charge on any atom is 0.166 e. The highest BCUT2D eigenvalue weighted by atomic mass is 35.5. The second kappa shape index (κ2) is 5.78. The monoisotopic (exact) mass is 271 g/mol. The molecule has 0 aromatic heterocycles. The lowest BCUT2D eigenvalue weighted by molar-refractivity contribution is 0.0463.